The average Bonchev–Trinajstić information content (AvgIpc) is 3.21. The molecule has 1 saturated heterocycles. The van der Waals surface area contributed by atoms with E-state index in [1.807, 2.05) is 24.9 Å². The summed E-state index contributed by atoms with van der Waals surface area (Å²) in [6.45, 7) is 3.36. The molecule has 3 atom stereocenters. The highest BCUT2D eigenvalue weighted by atomic mass is 35.5. The van der Waals surface area contributed by atoms with Crippen LogP contribution in [0.5, 0.6) is 0 Å². The summed E-state index contributed by atoms with van der Waals surface area (Å²) in [5.41, 5.74) is 2.23. The fraction of sp³-hybridized carbons (Fsp3) is 0.370. The van der Waals surface area contributed by atoms with E-state index in [9.17, 15) is 14.0 Å². The van der Waals surface area contributed by atoms with Crippen LogP contribution in [-0.2, 0) is 14.1 Å². The van der Waals surface area contributed by atoms with Crippen LogP contribution in [0.1, 0.15) is 40.6 Å². The molecule has 2 fully saturated rings. The Balaban J connectivity index is 1.33. The molecule has 4 aromatic rings. The van der Waals surface area contributed by atoms with Crippen LogP contribution < -0.4 is 20.5 Å². The minimum Gasteiger partial charge on any atom is -0.377 e. The Kier molecular flexibility index (Phi) is 6.70. The van der Waals surface area contributed by atoms with Crippen molar-refractivity contribution in [1.29, 1.82) is 0 Å². The van der Waals surface area contributed by atoms with Crippen LogP contribution >= 0.6 is 23.5 Å². The monoisotopic (exact) mass is 582 g/mol. The summed E-state index contributed by atoms with van der Waals surface area (Å²) in [5, 5.41) is 8.19. The number of hydrogen-bond donors (Lipinski definition) is 2. The van der Waals surface area contributed by atoms with Crippen molar-refractivity contribution in [3.05, 3.63) is 74.8 Å². The minimum absolute atomic E-state index is 0.109. The molecule has 4 heterocycles. The molecule has 208 valence electrons. The zero-order valence-corrected chi connectivity index (χ0v) is 23.9. The fourth-order valence-electron chi connectivity index (χ4n) is 5.88. The molecule has 1 amide bonds. The van der Waals surface area contributed by atoms with Crippen molar-refractivity contribution in [2.45, 2.75) is 18.9 Å². The van der Waals surface area contributed by atoms with Gasteiger partial charge in [-0.3, -0.25) is 23.6 Å². The van der Waals surface area contributed by atoms with Gasteiger partial charge in [0.05, 0.1) is 28.3 Å². The first-order chi connectivity index (χ1) is 19.2. The van der Waals surface area contributed by atoms with E-state index in [2.05, 4.69) is 31.1 Å². The Bertz CT molecular complexity index is 1700. The summed E-state index contributed by atoms with van der Waals surface area (Å²) in [6.07, 6.45) is 3.69. The largest absolute Gasteiger partial charge is 0.377 e. The summed E-state index contributed by atoms with van der Waals surface area (Å²) in [5.74, 6) is 0.933. The molecule has 10 nitrogen and oxygen atoms in total. The summed E-state index contributed by atoms with van der Waals surface area (Å²) in [4.78, 5) is 37.3. The molecule has 2 aliphatic rings. The third kappa shape index (κ3) is 4.58. The van der Waals surface area contributed by atoms with Crippen molar-refractivity contribution in [3.8, 4) is 0 Å². The van der Waals surface area contributed by atoms with Gasteiger partial charge < -0.3 is 10.2 Å². The smallest absolute Gasteiger partial charge is 0.281 e. The second-order valence-corrected chi connectivity index (χ2v) is 11.4. The van der Waals surface area contributed by atoms with E-state index in [-0.39, 0.29) is 21.8 Å². The first kappa shape index (κ1) is 26.6. The number of amides is 1. The third-order valence-electron chi connectivity index (χ3n) is 7.81. The Morgan fingerprint density at radius 2 is 1.93 bits per heavy atom. The number of carbonyl (C=O) groups is 1. The summed E-state index contributed by atoms with van der Waals surface area (Å²) in [6, 6.07) is 7.37. The van der Waals surface area contributed by atoms with Gasteiger partial charge in [0.15, 0.2) is 5.69 Å². The Morgan fingerprint density at radius 1 is 1.18 bits per heavy atom. The molecule has 3 aromatic heterocycles. The zero-order chi connectivity index (χ0) is 28.3. The molecule has 0 spiro atoms. The van der Waals surface area contributed by atoms with E-state index in [1.54, 1.807) is 25.4 Å². The number of rotatable bonds is 7. The standard InChI is InChI=1S/C27H28ClFN8O2S/c1-13(30-20-5-6-21(28)31-24(20)25(38)34-40-4)15-9-14(29)10-16-23(15)32-27(36(3)26(16)39)37-11-17-18(12-37)22(17)19-7-8-35(2)33-19/h5-10,13,17-18,22,30H,11-12H2,1-4H3,(H,34,38). The molecule has 0 radical (unpaired) electrons. The van der Waals surface area contributed by atoms with Gasteiger partial charge in [-0.2, -0.15) is 5.10 Å². The quantitative estimate of drug-likeness (QED) is 0.250. The van der Waals surface area contributed by atoms with Gasteiger partial charge in [0.25, 0.3) is 11.5 Å². The van der Waals surface area contributed by atoms with E-state index < -0.39 is 17.8 Å². The highest BCUT2D eigenvalue weighted by Gasteiger charge is 2.57. The zero-order valence-electron chi connectivity index (χ0n) is 22.4. The van der Waals surface area contributed by atoms with Gasteiger partial charge in [0.2, 0.25) is 5.95 Å². The molecule has 1 aliphatic carbocycles. The van der Waals surface area contributed by atoms with Gasteiger partial charge in [-0.05, 0) is 49.1 Å². The normalized spacial score (nSPS) is 20.4. The Morgan fingerprint density at radius 3 is 2.60 bits per heavy atom. The lowest BCUT2D eigenvalue weighted by Gasteiger charge is -2.24. The van der Waals surface area contributed by atoms with E-state index >= 15 is 0 Å². The van der Waals surface area contributed by atoms with Gasteiger partial charge in [-0.15, -0.1) is 0 Å². The van der Waals surface area contributed by atoms with Gasteiger partial charge in [0.1, 0.15) is 11.0 Å². The van der Waals surface area contributed by atoms with Gasteiger partial charge in [0, 0.05) is 51.1 Å². The molecule has 3 unspecified atom stereocenters. The second-order valence-electron chi connectivity index (χ2n) is 10.4. The Labute approximate surface area is 239 Å². The van der Waals surface area contributed by atoms with Crippen LogP contribution in [0.15, 0.2) is 41.3 Å². The van der Waals surface area contributed by atoms with Crippen LogP contribution in [-0.4, -0.2) is 49.6 Å². The number of fused-ring (bicyclic) bond motifs is 2. The summed E-state index contributed by atoms with van der Waals surface area (Å²) in [7, 11) is 3.59. The number of hydrogen-bond acceptors (Lipinski definition) is 8. The number of aryl methyl sites for hydroxylation is 1. The number of pyridine rings is 1. The summed E-state index contributed by atoms with van der Waals surface area (Å²) < 4.78 is 20.8. The fourth-order valence-corrected chi connectivity index (χ4v) is 6.31. The van der Waals surface area contributed by atoms with Gasteiger partial charge in [-0.1, -0.05) is 23.5 Å². The number of nitrogens with one attached hydrogen (secondary N) is 2. The topological polar surface area (TPSA) is 110 Å². The molecule has 1 aromatic carbocycles. The molecule has 2 N–H and O–H groups in total. The predicted octanol–water partition coefficient (Wildman–Crippen LogP) is 3.89. The maximum atomic E-state index is 14.8. The van der Waals surface area contributed by atoms with Gasteiger partial charge in [-0.25, -0.2) is 14.4 Å². The van der Waals surface area contributed by atoms with E-state index in [4.69, 9.17) is 16.6 Å². The van der Waals surface area contributed by atoms with Crippen LogP contribution in [0.2, 0.25) is 5.15 Å². The number of nitrogens with zero attached hydrogens (tertiary/aromatic N) is 6. The lowest BCUT2D eigenvalue weighted by Crippen LogP contribution is -2.32. The van der Waals surface area contributed by atoms with Gasteiger partial charge >= 0.3 is 0 Å². The van der Waals surface area contributed by atoms with Crippen molar-refractivity contribution in [1.82, 2.24) is 29.0 Å². The molecule has 0 bridgehead atoms. The van der Waals surface area contributed by atoms with Crippen LogP contribution in [0, 0.1) is 17.7 Å². The molecule has 1 saturated carbocycles. The number of piperidine rings is 1. The average molecular weight is 583 g/mol. The number of benzene rings is 1. The van der Waals surface area contributed by atoms with Crippen molar-refractivity contribution in [2.24, 2.45) is 25.9 Å². The van der Waals surface area contributed by atoms with Crippen LogP contribution in [0.4, 0.5) is 16.0 Å². The SMILES string of the molecule is CSNC(=O)c1nc(Cl)ccc1NC(C)c1cc(F)cc2c(=O)n(C)c(N3CC4C(C3)C4c3ccn(C)n3)nc12. The van der Waals surface area contributed by atoms with E-state index in [0.717, 1.165) is 30.7 Å². The minimum atomic E-state index is -0.544. The number of halogens is 2. The highest BCUT2D eigenvalue weighted by Crippen LogP contribution is 2.58. The Hall–Kier alpha value is -3.64. The van der Waals surface area contributed by atoms with E-state index in [0.29, 0.717) is 40.5 Å². The molecule has 13 heteroatoms. The van der Waals surface area contributed by atoms with Crippen molar-refractivity contribution >= 4 is 52.0 Å². The summed E-state index contributed by atoms with van der Waals surface area (Å²) >= 11 is 7.19. The third-order valence-corrected chi connectivity index (χ3v) is 8.41. The number of anilines is 2. The second kappa shape index (κ2) is 10.1. The van der Waals surface area contributed by atoms with Crippen molar-refractivity contribution < 1.29 is 9.18 Å². The first-order valence-corrected chi connectivity index (χ1v) is 14.5. The van der Waals surface area contributed by atoms with Crippen LogP contribution in [0.3, 0.4) is 0 Å². The van der Waals surface area contributed by atoms with Crippen molar-refractivity contribution in [3.63, 3.8) is 0 Å². The maximum absolute atomic E-state index is 14.8. The first-order valence-electron chi connectivity index (χ1n) is 12.9. The van der Waals surface area contributed by atoms with Crippen molar-refractivity contribution in [2.75, 3.05) is 29.6 Å². The van der Waals surface area contributed by atoms with E-state index in [1.165, 1.54) is 16.7 Å². The molecular weight excluding hydrogens is 555 g/mol. The number of aromatic nitrogens is 5. The predicted molar refractivity (Wildman–Crippen MR) is 154 cm³/mol. The highest BCUT2D eigenvalue weighted by molar-refractivity contribution is 7.97. The lowest BCUT2D eigenvalue weighted by molar-refractivity contribution is 0.0980. The molecule has 1 aliphatic heterocycles. The maximum Gasteiger partial charge on any atom is 0.281 e. The van der Waals surface area contributed by atoms with Crippen LogP contribution in [0.25, 0.3) is 10.9 Å². The molecule has 40 heavy (non-hydrogen) atoms. The number of carbonyl (C=O) groups excluding carboxylic acids is 1. The molecule has 6 rings (SSSR count). The molecular formula is C27H28ClFN8O2S. The lowest BCUT2D eigenvalue weighted by atomic mass is 10.0.